The molecule has 156 valence electrons. The van der Waals surface area contributed by atoms with Gasteiger partial charge < -0.3 is 9.67 Å². The number of aromatic nitrogens is 1. The highest BCUT2D eigenvalue weighted by atomic mass is 16.3. The number of para-hydroxylation sites is 1. The number of nitrogens with zero attached hydrogens (tertiary/aromatic N) is 1. The monoisotopic (exact) mass is 426 g/mol. The van der Waals surface area contributed by atoms with E-state index in [0.29, 0.717) is 10.8 Å². The smallest absolute Gasteiger partial charge is 0.258 e. The van der Waals surface area contributed by atoms with Crippen molar-refractivity contribution in [3.8, 4) is 16.8 Å². The molecule has 0 aliphatic carbocycles. The maximum atomic E-state index is 12.4. The fraction of sp³-hybridized carbons (Fsp3) is 0. The minimum Gasteiger partial charge on any atom is -0.494 e. The van der Waals surface area contributed by atoms with Crippen LogP contribution in [0.5, 0.6) is 0 Å². The van der Waals surface area contributed by atoms with Gasteiger partial charge in [0.05, 0.1) is 16.3 Å². The third-order valence-corrected chi connectivity index (χ3v) is 6.64. The molecule has 0 bridgehead atoms. The van der Waals surface area contributed by atoms with E-state index in [-0.39, 0.29) is 11.8 Å². The van der Waals surface area contributed by atoms with Crippen molar-refractivity contribution in [2.24, 2.45) is 0 Å². The SMILES string of the molecule is O=C1NC(O)=c2c1cc1cc(-c3ccc(-n4ccc5ccccc54)cc3)cc3cccc2c31. The lowest BCUT2D eigenvalue weighted by atomic mass is 9.92. The van der Waals surface area contributed by atoms with E-state index in [1.807, 2.05) is 18.2 Å². The van der Waals surface area contributed by atoms with Gasteiger partial charge in [-0.25, -0.2) is 0 Å². The maximum Gasteiger partial charge on any atom is 0.258 e. The molecule has 0 unspecified atom stereocenters. The maximum absolute atomic E-state index is 12.4. The molecule has 4 nitrogen and oxygen atoms in total. The van der Waals surface area contributed by atoms with Gasteiger partial charge in [-0.1, -0.05) is 48.5 Å². The van der Waals surface area contributed by atoms with Crippen LogP contribution in [0.2, 0.25) is 0 Å². The molecule has 1 amide bonds. The molecule has 5 aromatic carbocycles. The Kier molecular flexibility index (Phi) is 3.54. The Morgan fingerprint density at radius 2 is 1.52 bits per heavy atom. The number of carbonyl (C=O) groups is 1. The predicted molar refractivity (Wildman–Crippen MR) is 132 cm³/mol. The standard InChI is InChI=1S/C29H18N2O2/c32-28-24-16-21-15-20(14-19-5-3-6-23(26(19)21)27(24)29(33)30-28)17-8-10-22(11-9-17)31-13-12-18-4-1-2-7-25(18)31/h1-16,33H,(H,30,32). The van der Waals surface area contributed by atoms with E-state index in [0.717, 1.165) is 38.4 Å². The summed E-state index contributed by atoms with van der Waals surface area (Å²) in [6, 6.07) is 31.2. The molecule has 0 saturated heterocycles. The summed E-state index contributed by atoms with van der Waals surface area (Å²) >= 11 is 0. The van der Waals surface area contributed by atoms with Crippen molar-refractivity contribution in [3.63, 3.8) is 0 Å². The van der Waals surface area contributed by atoms with E-state index in [9.17, 15) is 9.90 Å². The third kappa shape index (κ3) is 2.55. The van der Waals surface area contributed by atoms with Crippen LogP contribution in [0.3, 0.4) is 0 Å². The molecule has 6 aromatic rings. The lowest BCUT2D eigenvalue weighted by Crippen LogP contribution is -2.14. The molecule has 1 aliphatic heterocycles. The number of aliphatic hydroxyl groups is 1. The van der Waals surface area contributed by atoms with Gasteiger partial charge in [-0.2, -0.15) is 0 Å². The van der Waals surface area contributed by atoms with Crippen molar-refractivity contribution in [2.75, 3.05) is 0 Å². The van der Waals surface area contributed by atoms with Crippen LogP contribution < -0.4 is 10.5 Å². The zero-order chi connectivity index (χ0) is 22.1. The number of carbonyl (C=O) groups excluding carboxylic acids is 1. The number of aliphatic hydroxyl groups excluding tert-OH is 1. The lowest BCUT2D eigenvalue weighted by Gasteiger charge is -2.12. The summed E-state index contributed by atoms with van der Waals surface area (Å²) < 4.78 is 2.19. The second-order valence-corrected chi connectivity index (χ2v) is 8.50. The Morgan fingerprint density at radius 3 is 2.39 bits per heavy atom. The largest absolute Gasteiger partial charge is 0.494 e. The molecule has 0 atom stereocenters. The van der Waals surface area contributed by atoms with Crippen molar-refractivity contribution >= 4 is 44.2 Å². The fourth-order valence-electron chi connectivity index (χ4n) is 5.12. The van der Waals surface area contributed by atoms with Gasteiger partial charge in [0, 0.05) is 11.9 Å². The van der Waals surface area contributed by atoms with Crippen molar-refractivity contribution in [2.45, 2.75) is 0 Å². The zero-order valence-corrected chi connectivity index (χ0v) is 17.5. The van der Waals surface area contributed by atoms with Gasteiger partial charge in [-0.3, -0.25) is 10.1 Å². The number of hydrogen-bond donors (Lipinski definition) is 2. The van der Waals surface area contributed by atoms with Crippen molar-refractivity contribution in [3.05, 3.63) is 108 Å². The topological polar surface area (TPSA) is 54.3 Å². The number of rotatable bonds is 2. The molecule has 2 heterocycles. The normalized spacial score (nSPS) is 13.2. The Morgan fingerprint density at radius 1 is 0.727 bits per heavy atom. The minimum absolute atomic E-state index is 0.0680. The lowest BCUT2D eigenvalue weighted by molar-refractivity contribution is 0.0972. The van der Waals surface area contributed by atoms with Gasteiger partial charge in [0.1, 0.15) is 0 Å². The molecule has 0 saturated carbocycles. The minimum atomic E-state index is -0.265. The van der Waals surface area contributed by atoms with Gasteiger partial charge >= 0.3 is 0 Å². The van der Waals surface area contributed by atoms with Crippen molar-refractivity contribution < 1.29 is 9.90 Å². The Bertz CT molecular complexity index is 1810. The Balaban J connectivity index is 1.39. The highest BCUT2D eigenvalue weighted by Crippen LogP contribution is 2.33. The summed E-state index contributed by atoms with van der Waals surface area (Å²) in [6.07, 6.45) is 2.10. The second-order valence-electron chi connectivity index (χ2n) is 8.50. The molecule has 33 heavy (non-hydrogen) atoms. The van der Waals surface area contributed by atoms with E-state index >= 15 is 0 Å². The van der Waals surface area contributed by atoms with Crippen molar-refractivity contribution in [1.29, 1.82) is 0 Å². The molecular weight excluding hydrogens is 408 g/mol. The first-order chi connectivity index (χ1) is 16.2. The molecule has 4 heteroatoms. The first kappa shape index (κ1) is 18.0. The number of hydrogen-bond acceptors (Lipinski definition) is 2. The number of nitrogens with one attached hydrogen (secondary N) is 1. The number of benzene rings is 5. The Labute approximate surface area is 189 Å². The molecule has 7 rings (SSSR count). The summed E-state index contributed by atoms with van der Waals surface area (Å²) in [5.41, 5.74) is 5.00. The molecule has 0 fully saturated rings. The summed E-state index contributed by atoms with van der Waals surface area (Å²) in [6.45, 7) is 0. The van der Waals surface area contributed by atoms with E-state index < -0.39 is 0 Å². The summed E-state index contributed by atoms with van der Waals surface area (Å²) in [5, 5.41) is 18.6. The van der Waals surface area contributed by atoms with Gasteiger partial charge in [0.25, 0.3) is 5.91 Å². The molecule has 1 aromatic heterocycles. The predicted octanol–water partition coefficient (Wildman–Crippen LogP) is 5.69. The Hall–Kier alpha value is -4.57. The van der Waals surface area contributed by atoms with Crippen LogP contribution in [0.1, 0.15) is 10.4 Å². The summed E-state index contributed by atoms with van der Waals surface area (Å²) in [5.74, 6) is -0.333. The quantitative estimate of drug-likeness (QED) is 0.374. The van der Waals surface area contributed by atoms with E-state index in [1.54, 1.807) is 0 Å². The number of amides is 1. The van der Waals surface area contributed by atoms with E-state index in [1.165, 1.54) is 10.9 Å². The van der Waals surface area contributed by atoms with Crippen LogP contribution in [0.15, 0.2) is 97.2 Å². The number of fused-ring (bicyclic) bond motifs is 3. The summed E-state index contributed by atoms with van der Waals surface area (Å²) in [4.78, 5) is 12.4. The molecule has 0 radical (unpaired) electrons. The van der Waals surface area contributed by atoms with Gasteiger partial charge in [-0.05, 0) is 80.5 Å². The van der Waals surface area contributed by atoms with Crippen LogP contribution in [-0.4, -0.2) is 15.6 Å². The zero-order valence-electron chi connectivity index (χ0n) is 17.5. The van der Waals surface area contributed by atoms with Crippen LogP contribution in [0.25, 0.3) is 55.1 Å². The molecular formula is C29H18N2O2. The first-order valence-electron chi connectivity index (χ1n) is 10.9. The van der Waals surface area contributed by atoms with Gasteiger partial charge in [-0.15, -0.1) is 0 Å². The van der Waals surface area contributed by atoms with Crippen LogP contribution in [0.4, 0.5) is 0 Å². The fourth-order valence-corrected chi connectivity index (χ4v) is 5.12. The van der Waals surface area contributed by atoms with Crippen LogP contribution in [0, 0.1) is 0 Å². The molecule has 0 spiro atoms. The first-order valence-corrected chi connectivity index (χ1v) is 10.9. The van der Waals surface area contributed by atoms with Crippen LogP contribution in [-0.2, 0) is 0 Å². The van der Waals surface area contributed by atoms with Crippen LogP contribution >= 0.6 is 0 Å². The third-order valence-electron chi connectivity index (χ3n) is 6.64. The molecule has 2 N–H and O–H groups in total. The molecule has 1 aliphatic rings. The highest BCUT2D eigenvalue weighted by Gasteiger charge is 2.22. The average Bonchev–Trinajstić information content (AvgIpc) is 3.40. The van der Waals surface area contributed by atoms with E-state index in [4.69, 9.17) is 0 Å². The summed E-state index contributed by atoms with van der Waals surface area (Å²) in [7, 11) is 0. The van der Waals surface area contributed by atoms with Crippen molar-refractivity contribution in [1.82, 2.24) is 9.88 Å². The van der Waals surface area contributed by atoms with E-state index in [2.05, 4.69) is 88.9 Å². The average molecular weight is 426 g/mol. The van der Waals surface area contributed by atoms with Gasteiger partial charge in [0.15, 0.2) is 5.88 Å². The second kappa shape index (κ2) is 6.47. The van der Waals surface area contributed by atoms with Gasteiger partial charge in [0.2, 0.25) is 0 Å². The highest BCUT2D eigenvalue weighted by molar-refractivity contribution is 6.17.